The van der Waals surface area contributed by atoms with Gasteiger partial charge in [-0.2, -0.15) is 0 Å². The zero-order valence-corrected chi connectivity index (χ0v) is 10.4. The van der Waals surface area contributed by atoms with Gasteiger partial charge in [0.25, 0.3) is 0 Å². The molecule has 0 saturated carbocycles. The maximum absolute atomic E-state index is 11.8. The van der Waals surface area contributed by atoms with Crippen molar-refractivity contribution in [2.75, 3.05) is 13.2 Å². The van der Waals surface area contributed by atoms with Crippen molar-refractivity contribution in [1.82, 2.24) is 4.57 Å². The average molecular weight is 233 g/mol. The molecule has 1 aromatic heterocycles. The minimum absolute atomic E-state index is 0.0451. The van der Waals surface area contributed by atoms with E-state index in [1.807, 2.05) is 6.07 Å². The molecule has 3 heteroatoms. The number of nitrogens with zero attached hydrogens (tertiary/aromatic N) is 1. The van der Waals surface area contributed by atoms with Gasteiger partial charge in [-0.05, 0) is 38.7 Å². The van der Waals surface area contributed by atoms with Gasteiger partial charge in [-0.25, -0.2) is 0 Å². The van der Waals surface area contributed by atoms with E-state index >= 15 is 0 Å². The van der Waals surface area contributed by atoms with E-state index in [1.54, 1.807) is 0 Å². The topological polar surface area (TPSA) is 31.2 Å². The predicted molar refractivity (Wildman–Crippen MR) is 65.4 cm³/mol. The van der Waals surface area contributed by atoms with Gasteiger partial charge in [0.05, 0.1) is 12.1 Å². The normalized spacial score (nSPS) is 29.1. The van der Waals surface area contributed by atoms with Crippen molar-refractivity contribution in [2.45, 2.75) is 44.6 Å². The SMILES string of the molecule is CC1(n2ccc3c2CCCC3=O)CCCOC1. The maximum atomic E-state index is 11.8. The molecule has 1 unspecified atom stereocenters. The smallest absolute Gasteiger partial charge is 0.164 e. The van der Waals surface area contributed by atoms with E-state index < -0.39 is 0 Å². The molecule has 1 aromatic rings. The monoisotopic (exact) mass is 233 g/mol. The summed E-state index contributed by atoms with van der Waals surface area (Å²) in [6.45, 7) is 3.88. The Labute approximate surface area is 102 Å². The van der Waals surface area contributed by atoms with Crippen molar-refractivity contribution in [3.8, 4) is 0 Å². The van der Waals surface area contributed by atoms with Crippen LogP contribution < -0.4 is 0 Å². The summed E-state index contributed by atoms with van der Waals surface area (Å²) < 4.78 is 7.93. The average Bonchev–Trinajstić information content (AvgIpc) is 2.76. The molecule has 17 heavy (non-hydrogen) atoms. The number of fused-ring (bicyclic) bond motifs is 1. The second-order valence-electron chi connectivity index (χ2n) is 5.48. The van der Waals surface area contributed by atoms with Crippen LogP contribution in [0.5, 0.6) is 0 Å². The quantitative estimate of drug-likeness (QED) is 0.746. The van der Waals surface area contributed by atoms with Crippen molar-refractivity contribution in [3.05, 3.63) is 23.5 Å². The Balaban J connectivity index is 2.00. The van der Waals surface area contributed by atoms with Gasteiger partial charge in [-0.1, -0.05) is 0 Å². The number of ketones is 1. The Morgan fingerprint density at radius 2 is 2.24 bits per heavy atom. The Hall–Kier alpha value is -1.09. The summed E-state index contributed by atoms with van der Waals surface area (Å²) in [7, 11) is 0. The summed E-state index contributed by atoms with van der Waals surface area (Å²) in [6.07, 6.45) is 7.07. The highest BCUT2D eigenvalue weighted by atomic mass is 16.5. The van der Waals surface area contributed by atoms with E-state index in [-0.39, 0.29) is 5.54 Å². The highest BCUT2D eigenvalue weighted by Crippen LogP contribution is 2.32. The third kappa shape index (κ3) is 1.73. The molecule has 1 atom stereocenters. The summed E-state index contributed by atoms with van der Waals surface area (Å²) >= 11 is 0. The van der Waals surface area contributed by atoms with Gasteiger partial charge in [0.15, 0.2) is 5.78 Å². The third-order valence-corrected chi connectivity index (χ3v) is 4.11. The van der Waals surface area contributed by atoms with Crippen molar-refractivity contribution in [3.63, 3.8) is 0 Å². The molecule has 0 N–H and O–H groups in total. The number of ether oxygens (including phenoxy) is 1. The minimum Gasteiger partial charge on any atom is -0.379 e. The summed E-state index contributed by atoms with van der Waals surface area (Å²) in [5.41, 5.74) is 2.22. The van der Waals surface area contributed by atoms with Gasteiger partial charge >= 0.3 is 0 Å². The van der Waals surface area contributed by atoms with Crippen molar-refractivity contribution >= 4 is 5.78 Å². The highest BCUT2D eigenvalue weighted by Gasteiger charge is 2.33. The van der Waals surface area contributed by atoms with Crippen LogP contribution in [0.1, 0.15) is 48.7 Å². The molecule has 3 nitrogen and oxygen atoms in total. The minimum atomic E-state index is 0.0451. The van der Waals surface area contributed by atoms with E-state index in [1.165, 1.54) is 5.69 Å². The van der Waals surface area contributed by atoms with Crippen LogP contribution in [0.15, 0.2) is 12.3 Å². The van der Waals surface area contributed by atoms with E-state index in [0.717, 1.165) is 44.5 Å². The predicted octanol–water partition coefficient (Wildman–Crippen LogP) is 2.53. The standard InChI is InChI=1S/C14H19NO2/c1-14(7-3-9-17-10-14)15-8-6-11-12(15)4-2-5-13(11)16/h6,8H,2-5,7,9-10H2,1H3. The summed E-state index contributed by atoms with van der Waals surface area (Å²) in [4.78, 5) is 11.8. The van der Waals surface area contributed by atoms with Gasteiger partial charge in [-0.3, -0.25) is 4.79 Å². The molecule has 92 valence electrons. The highest BCUT2D eigenvalue weighted by molar-refractivity contribution is 5.98. The van der Waals surface area contributed by atoms with Crippen molar-refractivity contribution < 1.29 is 9.53 Å². The molecule has 0 spiro atoms. The molecule has 1 fully saturated rings. The van der Waals surface area contributed by atoms with E-state index in [2.05, 4.69) is 17.7 Å². The van der Waals surface area contributed by atoms with E-state index in [4.69, 9.17) is 4.74 Å². The fourth-order valence-corrected chi connectivity index (χ4v) is 3.14. The molecule has 0 radical (unpaired) electrons. The maximum Gasteiger partial charge on any atom is 0.164 e. The number of aromatic nitrogens is 1. The number of Topliss-reactive ketones (excluding diaryl/α,β-unsaturated/α-hetero) is 1. The van der Waals surface area contributed by atoms with E-state index in [9.17, 15) is 4.79 Å². The summed E-state index contributed by atoms with van der Waals surface area (Å²) in [5, 5.41) is 0. The number of rotatable bonds is 1. The fraction of sp³-hybridized carbons (Fsp3) is 0.643. The molecule has 1 saturated heterocycles. The van der Waals surface area contributed by atoms with Gasteiger partial charge in [0.1, 0.15) is 0 Å². The largest absolute Gasteiger partial charge is 0.379 e. The van der Waals surface area contributed by atoms with Gasteiger partial charge in [0, 0.05) is 30.5 Å². The molecule has 3 rings (SSSR count). The van der Waals surface area contributed by atoms with Crippen LogP contribution in [0.2, 0.25) is 0 Å². The number of hydrogen-bond acceptors (Lipinski definition) is 2. The third-order valence-electron chi connectivity index (χ3n) is 4.11. The van der Waals surface area contributed by atoms with Crippen molar-refractivity contribution in [1.29, 1.82) is 0 Å². The van der Waals surface area contributed by atoms with Crippen LogP contribution in [-0.2, 0) is 16.7 Å². The first-order chi connectivity index (χ1) is 8.21. The number of hydrogen-bond donors (Lipinski definition) is 0. The Morgan fingerprint density at radius 3 is 3.00 bits per heavy atom. The van der Waals surface area contributed by atoms with Crippen LogP contribution in [0.25, 0.3) is 0 Å². The first-order valence-corrected chi connectivity index (χ1v) is 6.52. The molecular weight excluding hydrogens is 214 g/mol. The Kier molecular flexibility index (Phi) is 2.58. The number of carbonyl (C=O) groups excluding carboxylic acids is 1. The lowest BCUT2D eigenvalue weighted by Crippen LogP contribution is -2.40. The number of carbonyl (C=O) groups is 1. The molecular formula is C14H19NO2. The van der Waals surface area contributed by atoms with Gasteiger partial charge in [-0.15, -0.1) is 0 Å². The van der Waals surface area contributed by atoms with E-state index in [0.29, 0.717) is 12.2 Å². The first kappa shape index (κ1) is 11.0. The molecule has 1 aliphatic heterocycles. The van der Waals surface area contributed by atoms with Gasteiger partial charge in [0.2, 0.25) is 0 Å². The molecule has 0 aromatic carbocycles. The second-order valence-corrected chi connectivity index (χ2v) is 5.48. The van der Waals surface area contributed by atoms with Crippen LogP contribution in [0, 0.1) is 0 Å². The summed E-state index contributed by atoms with van der Waals surface area (Å²) in [5.74, 6) is 0.310. The first-order valence-electron chi connectivity index (χ1n) is 6.52. The summed E-state index contributed by atoms with van der Waals surface area (Å²) in [6, 6.07) is 2.00. The molecule has 0 amide bonds. The second kappa shape index (κ2) is 3.98. The van der Waals surface area contributed by atoms with Crippen molar-refractivity contribution in [2.24, 2.45) is 0 Å². The fourth-order valence-electron chi connectivity index (χ4n) is 3.14. The van der Waals surface area contributed by atoms with Crippen LogP contribution in [0.4, 0.5) is 0 Å². The molecule has 0 bridgehead atoms. The zero-order chi connectivity index (χ0) is 11.9. The Morgan fingerprint density at radius 1 is 1.35 bits per heavy atom. The molecule has 2 heterocycles. The molecule has 2 aliphatic rings. The van der Waals surface area contributed by atoms with Gasteiger partial charge < -0.3 is 9.30 Å². The lowest BCUT2D eigenvalue weighted by molar-refractivity contribution is 0.00832. The molecule has 1 aliphatic carbocycles. The van der Waals surface area contributed by atoms with Crippen LogP contribution >= 0.6 is 0 Å². The Bertz CT molecular complexity index is 441. The van der Waals surface area contributed by atoms with Crippen LogP contribution in [0.3, 0.4) is 0 Å². The van der Waals surface area contributed by atoms with Crippen LogP contribution in [-0.4, -0.2) is 23.6 Å². The zero-order valence-electron chi connectivity index (χ0n) is 10.4. The lowest BCUT2D eigenvalue weighted by atomic mass is 9.92. The lowest BCUT2D eigenvalue weighted by Gasteiger charge is -2.37.